The van der Waals surface area contributed by atoms with Crippen molar-refractivity contribution >= 4 is 28.9 Å². The molecule has 4 nitrogen and oxygen atoms in total. The van der Waals surface area contributed by atoms with Crippen molar-refractivity contribution in [3.63, 3.8) is 0 Å². The average molecular weight is 398 g/mol. The molecule has 1 aliphatic rings. The number of carbonyl (C=O) groups excluding carboxylic acids is 1. The second kappa shape index (κ2) is 7.76. The number of hydrogen-bond donors (Lipinski definition) is 1. The number of rotatable bonds is 3. The maximum absolute atomic E-state index is 13.2. The lowest BCUT2D eigenvalue weighted by Gasteiger charge is -2.32. The van der Waals surface area contributed by atoms with Gasteiger partial charge in [-0.05, 0) is 43.0 Å². The lowest BCUT2D eigenvalue weighted by molar-refractivity contribution is -0.136. The Hall–Kier alpha value is -2.28. The molecular formula is C19H19ClF3N3O. The van der Waals surface area contributed by atoms with Crippen molar-refractivity contribution in [1.82, 2.24) is 4.98 Å². The Morgan fingerprint density at radius 1 is 1.30 bits per heavy atom. The molecule has 0 saturated carbocycles. The maximum Gasteiger partial charge on any atom is 0.418 e. The Morgan fingerprint density at radius 3 is 2.78 bits per heavy atom. The van der Waals surface area contributed by atoms with E-state index in [0.29, 0.717) is 5.92 Å². The molecule has 27 heavy (non-hydrogen) atoms. The highest BCUT2D eigenvalue weighted by Gasteiger charge is 2.34. The van der Waals surface area contributed by atoms with Crippen LogP contribution >= 0.6 is 11.6 Å². The number of amides is 1. The highest BCUT2D eigenvalue weighted by atomic mass is 35.5. The number of benzene rings is 1. The van der Waals surface area contributed by atoms with Gasteiger partial charge in [-0.25, -0.2) is 0 Å². The fourth-order valence-electron chi connectivity index (χ4n) is 3.20. The number of pyridine rings is 1. The van der Waals surface area contributed by atoms with Gasteiger partial charge in [-0.15, -0.1) is 0 Å². The van der Waals surface area contributed by atoms with Crippen LogP contribution in [-0.2, 0) is 6.18 Å². The summed E-state index contributed by atoms with van der Waals surface area (Å²) < 4.78 is 39.6. The molecule has 1 aromatic heterocycles. The van der Waals surface area contributed by atoms with E-state index in [4.69, 9.17) is 11.6 Å². The molecule has 0 radical (unpaired) electrons. The van der Waals surface area contributed by atoms with Crippen LogP contribution in [0.1, 0.15) is 35.7 Å². The number of anilines is 2. The molecule has 2 heterocycles. The smallest absolute Gasteiger partial charge is 0.370 e. The zero-order valence-electron chi connectivity index (χ0n) is 14.7. The summed E-state index contributed by atoms with van der Waals surface area (Å²) >= 11 is 5.67. The lowest BCUT2D eigenvalue weighted by atomic mass is 10.00. The van der Waals surface area contributed by atoms with Gasteiger partial charge in [0.25, 0.3) is 5.91 Å². The Labute approximate surface area is 160 Å². The molecule has 0 aliphatic carbocycles. The van der Waals surface area contributed by atoms with E-state index in [1.54, 1.807) is 12.3 Å². The van der Waals surface area contributed by atoms with Gasteiger partial charge in [0.05, 0.1) is 28.7 Å². The molecule has 1 unspecified atom stereocenters. The van der Waals surface area contributed by atoms with E-state index in [1.807, 2.05) is 0 Å². The van der Waals surface area contributed by atoms with Crippen LogP contribution in [0.25, 0.3) is 0 Å². The predicted molar refractivity (Wildman–Crippen MR) is 99.3 cm³/mol. The summed E-state index contributed by atoms with van der Waals surface area (Å²) in [6, 6.07) is 4.90. The lowest BCUT2D eigenvalue weighted by Crippen LogP contribution is -2.34. The summed E-state index contributed by atoms with van der Waals surface area (Å²) in [5.41, 5.74) is -0.332. The minimum atomic E-state index is -4.63. The zero-order valence-corrected chi connectivity index (χ0v) is 15.4. The van der Waals surface area contributed by atoms with Crippen molar-refractivity contribution in [2.45, 2.75) is 25.9 Å². The number of carbonyl (C=O) groups is 1. The van der Waals surface area contributed by atoms with Crippen molar-refractivity contribution in [2.75, 3.05) is 23.3 Å². The summed E-state index contributed by atoms with van der Waals surface area (Å²) in [5, 5.41) is 2.27. The van der Waals surface area contributed by atoms with Crippen LogP contribution < -0.4 is 10.2 Å². The molecule has 1 amide bonds. The number of piperidine rings is 1. The average Bonchev–Trinajstić information content (AvgIpc) is 2.62. The molecule has 1 saturated heterocycles. The molecule has 0 bridgehead atoms. The van der Waals surface area contributed by atoms with Crippen LogP contribution in [0.5, 0.6) is 0 Å². The maximum atomic E-state index is 13.2. The first-order valence-electron chi connectivity index (χ1n) is 8.62. The zero-order chi connectivity index (χ0) is 19.6. The van der Waals surface area contributed by atoms with Gasteiger partial charge in [-0.3, -0.25) is 9.78 Å². The molecule has 144 valence electrons. The number of halogens is 4. The fourth-order valence-corrected chi connectivity index (χ4v) is 3.38. The second-order valence-electron chi connectivity index (χ2n) is 6.77. The largest absolute Gasteiger partial charge is 0.418 e. The number of hydrogen-bond acceptors (Lipinski definition) is 3. The van der Waals surface area contributed by atoms with Crippen molar-refractivity contribution < 1.29 is 18.0 Å². The van der Waals surface area contributed by atoms with Crippen molar-refractivity contribution in [3.8, 4) is 0 Å². The minimum Gasteiger partial charge on any atom is -0.370 e. The first-order chi connectivity index (χ1) is 12.7. The Kier molecular flexibility index (Phi) is 5.60. The van der Waals surface area contributed by atoms with Crippen molar-refractivity contribution in [1.29, 1.82) is 0 Å². The van der Waals surface area contributed by atoms with Crippen LogP contribution in [0.15, 0.2) is 36.7 Å². The second-order valence-corrected chi connectivity index (χ2v) is 7.20. The molecule has 2 aromatic rings. The quantitative estimate of drug-likeness (QED) is 0.770. The van der Waals surface area contributed by atoms with Crippen LogP contribution in [0.4, 0.5) is 24.5 Å². The monoisotopic (exact) mass is 397 g/mol. The standard InChI is InChI=1S/C19H19ClF3N3O/c1-12-3-2-6-26(11-12)15-7-13(9-24-10-15)18(27)25-17-5-4-14(20)8-16(17)19(21,22)23/h4-5,7-10,12H,2-3,6,11H2,1H3,(H,25,27). The van der Waals surface area contributed by atoms with E-state index in [0.717, 1.165) is 43.8 Å². The Morgan fingerprint density at radius 2 is 2.07 bits per heavy atom. The van der Waals surface area contributed by atoms with Crippen LogP contribution in [0, 0.1) is 5.92 Å². The van der Waals surface area contributed by atoms with Gasteiger partial charge in [0.2, 0.25) is 0 Å². The molecule has 8 heteroatoms. The predicted octanol–water partition coefficient (Wildman–Crippen LogP) is 5.24. The van der Waals surface area contributed by atoms with Crippen LogP contribution in [0.3, 0.4) is 0 Å². The van der Waals surface area contributed by atoms with E-state index in [9.17, 15) is 18.0 Å². The fraction of sp³-hybridized carbons (Fsp3) is 0.368. The highest BCUT2D eigenvalue weighted by Crippen LogP contribution is 2.36. The van der Waals surface area contributed by atoms with Crippen LogP contribution in [0.2, 0.25) is 5.02 Å². The van der Waals surface area contributed by atoms with Gasteiger partial charge in [0.15, 0.2) is 0 Å². The van der Waals surface area contributed by atoms with Gasteiger partial charge in [-0.1, -0.05) is 18.5 Å². The number of alkyl halides is 3. The Bertz CT molecular complexity index is 841. The number of nitrogens with zero attached hydrogens (tertiary/aromatic N) is 2. The van der Waals surface area contributed by atoms with Gasteiger partial charge < -0.3 is 10.2 Å². The van der Waals surface area contributed by atoms with E-state index in [2.05, 4.69) is 22.1 Å². The third kappa shape index (κ3) is 4.71. The molecule has 0 spiro atoms. The first-order valence-corrected chi connectivity index (χ1v) is 9.00. The summed E-state index contributed by atoms with van der Waals surface area (Å²) in [7, 11) is 0. The van der Waals surface area contributed by atoms with E-state index >= 15 is 0 Å². The van der Waals surface area contributed by atoms with Gasteiger partial charge in [0.1, 0.15) is 0 Å². The summed E-state index contributed by atoms with van der Waals surface area (Å²) in [5.74, 6) is -0.109. The molecule has 1 aromatic carbocycles. The molecule has 1 fully saturated rings. The molecule has 1 aliphatic heterocycles. The highest BCUT2D eigenvalue weighted by molar-refractivity contribution is 6.30. The van der Waals surface area contributed by atoms with Crippen molar-refractivity contribution in [2.24, 2.45) is 5.92 Å². The third-order valence-electron chi connectivity index (χ3n) is 4.54. The number of aromatic nitrogens is 1. The molecule has 1 N–H and O–H groups in total. The summed E-state index contributed by atoms with van der Waals surface area (Å²) in [4.78, 5) is 18.7. The summed E-state index contributed by atoms with van der Waals surface area (Å²) in [6.07, 6.45) is 0.587. The first kappa shape index (κ1) is 19.5. The third-order valence-corrected chi connectivity index (χ3v) is 4.78. The topological polar surface area (TPSA) is 45.2 Å². The SMILES string of the molecule is CC1CCCN(c2cncc(C(=O)Nc3ccc(Cl)cc3C(F)(F)F)c2)C1. The minimum absolute atomic E-state index is 0.0526. The number of nitrogens with one attached hydrogen (secondary N) is 1. The molecule has 1 atom stereocenters. The van der Waals surface area contributed by atoms with E-state index in [-0.39, 0.29) is 16.3 Å². The van der Waals surface area contributed by atoms with Gasteiger partial charge in [0, 0.05) is 24.3 Å². The Balaban J connectivity index is 1.82. The van der Waals surface area contributed by atoms with Gasteiger partial charge >= 0.3 is 6.18 Å². The van der Waals surface area contributed by atoms with E-state index in [1.165, 1.54) is 12.3 Å². The van der Waals surface area contributed by atoms with E-state index < -0.39 is 17.6 Å². The molecular weight excluding hydrogens is 379 g/mol. The molecule has 3 rings (SSSR count). The summed E-state index contributed by atoms with van der Waals surface area (Å²) in [6.45, 7) is 3.89. The van der Waals surface area contributed by atoms with Gasteiger partial charge in [-0.2, -0.15) is 13.2 Å². The van der Waals surface area contributed by atoms with Crippen LogP contribution in [-0.4, -0.2) is 24.0 Å². The van der Waals surface area contributed by atoms with Crippen molar-refractivity contribution in [3.05, 3.63) is 52.8 Å². The normalized spacial score (nSPS) is 17.7.